The monoisotopic (exact) mass is 251 g/mol. The van der Waals surface area contributed by atoms with E-state index in [-0.39, 0.29) is 17.1 Å². The second-order valence-electron chi connectivity index (χ2n) is 4.61. The molecule has 0 saturated heterocycles. The summed E-state index contributed by atoms with van der Waals surface area (Å²) in [6.07, 6.45) is 1.01. The van der Waals surface area contributed by atoms with Gasteiger partial charge in [-0.15, -0.1) is 0 Å². The van der Waals surface area contributed by atoms with Crippen molar-refractivity contribution in [2.75, 3.05) is 11.9 Å². The molecule has 0 spiro atoms. The van der Waals surface area contributed by atoms with Crippen LogP contribution in [-0.2, 0) is 11.2 Å². The Morgan fingerprint density at radius 3 is 2.24 bits per heavy atom. The molecule has 0 bridgehead atoms. The molecule has 0 aliphatic carbocycles. The van der Waals surface area contributed by atoms with Crippen LogP contribution in [0.5, 0.6) is 0 Å². The summed E-state index contributed by atoms with van der Waals surface area (Å²) in [7, 11) is 1.80. The number of nitrogens with zero attached hydrogens (tertiary/aromatic N) is 1. The van der Waals surface area contributed by atoms with E-state index in [0.29, 0.717) is 0 Å². The van der Waals surface area contributed by atoms with Crippen molar-refractivity contribution in [1.29, 1.82) is 0 Å². The number of hydrogen-bond acceptors (Lipinski definition) is 2. The molecule has 1 atom stereocenters. The number of anilines is 1. The van der Waals surface area contributed by atoms with Crippen LogP contribution in [0.4, 0.5) is 5.69 Å². The van der Waals surface area contributed by atoms with Crippen molar-refractivity contribution in [3.05, 3.63) is 29.8 Å². The number of benzene rings is 1. The minimum Gasteiger partial charge on any atom is -0.315 e. The molecule has 2 nitrogen and oxygen atoms in total. The molecule has 0 radical (unpaired) electrons. The van der Waals surface area contributed by atoms with Crippen molar-refractivity contribution >= 4 is 24.2 Å². The molecule has 3 heteroatoms. The standard InChI is InChI=1S/C14H21NOS/c1-5-11-6-8-12(9-7-11)15(4)14(16)13(17)10(2)3/h6-10,13,17H,5H2,1-4H3. The number of aryl methyl sites for hydroxylation is 1. The number of carbonyl (C=O) groups is 1. The van der Waals surface area contributed by atoms with Gasteiger partial charge in [0, 0.05) is 12.7 Å². The summed E-state index contributed by atoms with van der Waals surface area (Å²) in [6, 6.07) is 8.08. The molecular formula is C14H21NOS. The number of rotatable bonds is 4. The van der Waals surface area contributed by atoms with E-state index in [9.17, 15) is 4.79 Å². The van der Waals surface area contributed by atoms with Gasteiger partial charge in [-0.05, 0) is 30.0 Å². The third-order valence-corrected chi connectivity index (χ3v) is 3.76. The Hall–Kier alpha value is -0.960. The van der Waals surface area contributed by atoms with Gasteiger partial charge in [0.2, 0.25) is 5.91 Å². The normalized spacial score (nSPS) is 12.6. The molecule has 0 fully saturated rings. The molecule has 0 heterocycles. The van der Waals surface area contributed by atoms with Gasteiger partial charge in [-0.3, -0.25) is 4.79 Å². The predicted molar refractivity (Wildman–Crippen MR) is 76.8 cm³/mol. The van der Waals surface area contributed by atoms with Crippen LogP contribution in [0.2, 0.25) is 0 Å². The lowest BCUT2D eigenvalue weighted by molar-refractivity contribution is -0.118. The molecule has 0 aromatic heterocycles. The first-order chi connectivity index (χ1) is 7.97. The highest BCUT2D eigenvalue weighted by atomic mass is 32.1. The fourth-order valence-corrected chi connectivity index (χ4v) is 1.74. The summed E-state index contributed by atoms with van der Waals surface area (Å²) in [5.41, 5.74) is 2.20. The van der Waals surface area contributed by atoms with E-state index in [1.807, 2.05) is 26.0 Å². The van der Waals surface area contributed by atoms with Gasteiger partial charge in [0.25, 0.3) is 0 Å². The predicted octanol–water partition coefficient (Wildman–Crippen LogP) is 3.17. The molecule has 17 heavy (non-hydrogen) atoms. The third-order valence-electron chi connectivity index (χ3n) is 2.95. The molecule has 0 N–H and O–H groups in total. The van der Waals surface area contributed by atoms with Crippen molar-refractivity contribution in [2.45, 2.75) is 32.4 Å². The van der Waals surface area contributed by atoms with E-state index in [1.165, 1.54) is 5.56 Å². The van der Waals surface area contributed by atoms with Gasteiger partial charge in [0.1, 0.15) is 0 Å². The first-order valence-corrected chi connectivity index (χ1v) is 6.53. The van der Waals surface area contributed by atoms with Crippen LogP contribution in [0.3, 0.4) is 0 Å². The first-order valence-electron chi connectivity index (χ1n) is 6.02. The quantitative estimate of drug-likeness (QED) is 0.815. The molecule has 1 unspecified atom stereocenters. The van der Waals surface area contributed by atoms with Crippen LogP contribution in [0.1, 0.15) is 26.3 Å². The minimum atomic E-state index is -0.245. The number of amides is 1. The molecule has 1 aromatic carbocycles. The maximum absolute atomic E-state index is 12.1. The fraction of sp³-hybridized carbons (Fsp3) is 0.500. The lowest BCUT2D eigenvalue weighted by Crippen LogP contribution is -2.36. The van der Waals surface area contributed by atoms with Crippen LogP contribution >= 0.6 is 12.6 Å². The topological polar surface area (TPSA) is 20.3 Å². The van der Waals surface area contributed by atoms with E-state index in [4.69, 9.17) is 0 Å². The zero-order valence-corrected chi connectivity index (χ0v) is 11.9. The minimum absolute atomic E-state index is 0.0487. The van der Waals surface area contributed by atoms with E-state index < -0.39 is 0 Å². The van der Waals surface area contributed by atoms with Gasteiger partial charge in [0.05, 0.1) is 5.25 Å². The number of hydrogen-bond donors (Lipinski definition) is 1. The van der Waals surface area contributed by atoms with E-state index in [1.54, 1.807) is 11.9 Å². The highest BCUT2D eigenvalue weighted by Crippen LogP contribution is 2.19. The van der Waals surface area contributed by atoms with Gasteiger partial charge in [-0.25, -0.2) is 0 Å². The van der Waals surface area contributed by atoms with Crippen molar-refractivity contribution in [3.8, 4) is 0 Å². The largest absolute Gasteiger partial charge is 0.315 e. The summed E-state index contributed by atoms with van der Waals surface area (Å²) in [5.74, 6) is 0.288. The molecule has 94 valence electrons. The van der Waals surface area contributed by atoms with Crippen LogP contribution < -0.4 is 4.90 Å². The Morgan fingerprint density at radius 2 is 1.82 bits per heavy atom. The Kier molecular flexibility index (Phi) is 5.06. The summed E-state index contributed by atoms with van der Waals surface area (Å²) in [6.45, 7) is 6.12. The Balaban J connectivity index is 2.81. The van der Waals surface area contributed by atoms with E-state index in [2.05, 4.69) is 31.7 Å². The summed E-state index contributed by atoms with van der Waals surface area (Å²) < 4.78 is 0. The molecule has 1 rings (SSSR count). The lowest BCUT2D eigenvalue weighted by Gasteiger charge is -2.23. The van der Waals surface area contributed by atoms with Crippen LogP contribution in [-0.4, -0.2) is 18.2 Å². The lowest BCUT2D eigenvalue weighted by atomic mass is 10.1. The van der Waals surface area contributed by atoms with Crippen molar-refractivity contribution in [3.63, 3.8) is 0 Å². The average Bonchev–Trinajstić information content (AvgIpc) is 2.36. The molecule has 0 aliphatic rings. The molecule has 0 saturated carbocycles. The number of carbonyl (C=O) groups excluding carboxylic acids is 1. The zero-order chi connectivity index (χ0) is 13.0. The highest BCUT2D eigenvalue weighted by molar-refractivity contribution is 7.81. The van der Waals surface area contributed by atoms with Crippen LogP contribution in [0.25, 0.3) is 0 Å². The highest BCUT2D eigenvalue weighted by Gasteiger charge is 2.22. The van der Waals surface area contributed by atoms with Crippen molar-refractivity contribution in [2.24, 2.45) is 5.92 Å². The van der Waals surface area contributed by atoms with Gasteiger partial charge in [-0.1, -0.05) is 32.9 Å². The zero-order valence-electron chi connectivity index (χ0n) is 11.0. The fourth-order valence-electron chi connectivity index (χ4n) is 1.57. The van der Waals surface area contributed by atoms with Gasteiger partial charge >= 0.3 is 0 Å². The summed E-state index contributed by atoms with van der Waals surface area (Å²) in [4.78, 5) is 13.8. The summed E-state index contributed by atoms with van der Waals surface area (Å²) >= 11 is 4.36. The second kappa shape index (κ2) is 6.10. The SMILES string of the molecule is CCc1ccc(N(C)C(=O)C(S)C(C)C)cc1. The molecule has 1 amide bonds. The van der Waals surface area contributed by atoms with E-state index >= 15 is 0 Å². The number of thiol groups is 1. The van der Waals surface area contributed by atoms with Crippen molar-refractivity contribution < 1.29 is 4.79 Å². The van der Waals surface area contributed by atoms with Crippen molar-refractivity contribution in [1.82, 2.24) is 0 Å². The molecule has 1 aromatic rings. The second-order valence-corrected chi connectivity index (χ2v) is 5.16. The summed E-state index contributed by atoms with van der Waals surface area (Å²) in [5, 5.41) is -0.245. The molecule has 0 aliphatic heterocycles. The first kappa shape index (κ1) is 14.1. The van der Waals surface area contributed by atoms with Gasteiger partial charge in [0.15, 0.2) is 0 Å². The Bertz CT molecular complexity index is 372. The Labute approximate surface area is 109 Å². The average molecular weight is 251 g/mol. The smallest absolute Gasteiger partial charge is 0.239 e. The van der Waals surface area contributed by atoms with Gasteiger partial charge < -0.3 is 4.90 Å². The maximum atomic E-state index is 12.1. The van der Waals surface area contributed by atoms with E-state index in [0.717, 1.165) is 12.1 Å². The third kappa shape index (κ3) is 3.50. The van der Waals surface area contributed by atoms with Crippen LogP contribution in [0, 0.1) is 5.92 Å². The maximum Gasteiger partial charge on any atom is 0.239 e. The Morgan fingerprint density at radius 1 is 1.29 bits per heavy atom. The van der Waals surface area contributed by atoms with Gasteiger partial charge in [-0.2, -0.15) is 12.6 Å². The van der Waals surface area contributed by atoms with Crippen LogP contribution in [0.15, 0.2) is 24.3 Å². The molecular weight excluding hydrogens is 230 g/mol.